The van der Waals surface area contributed by atoms with Crippen LogP contribution in [0, 0.1) is 0 Å². The third-order valence-electron chi connectivity index (χ3n) is 6.59. The van der Waals surface area contributed by atoms with Crippen LogP contribution in [0.3, 0.4) is 0 Å². The highest BCUT2D eigenvalue weighted by molar-refractivity contribution is 5.94. The number of hydrogen-bond acceptors (Lipinski definition) is 5. The number of hydrogen-bond donors (Lipinski definition) is 3. The van der Waals surface area contributed by atoms with Gasteiger partial charge in [-0.2, -0.15) is 0 Å². The first-order valence-electron chi connectivity index (χ1n) is 11.7. The molecule has 3 N–H and O–H groups in total. The first kappa shape index (κ1) is 24.5. The minimum atomic E-state index is -0.887. The number of piperidine rings is 1. The summed E-state index contributed by atoms with van der Waals surface area (Å²) in [4.78, 5) is 41.4. The van der Waals surface area contributed by atoms with Crippen LogP contribution in [0.15, 0.2) is 48.5 Å². The van der Waals surface area contributed by atoms with Gasteiger partial charge in [-0.1, -0.05) is 24.3 Å². The van der Waals surface area contributed by atoms with Crippen LogP contribution >= 0.6 is 0 Å². The Labute approximate surface area is 203 Å². The molecule has 0 spiro atoms. The van der Waals surface area contributed by atoms with Crippen molar-refractivity contribution in [2.24, 2.45) is 0 Å². The van der Waals surface area contributed by atoms with E-state index in [4.69, 9.17) is 9.94 Å². The van der Waals surface area contributed by atoms with E-state index in [0.29, 0.717) is 51.5 Å². The summed E-state index contributed by atoms with van der Waals surface area (Å²) in [7, 11) is 0. The average molecular weight is 483 g/mol. The van der Waals surface area contributed by atoms with Crippen LogP contribution in [0.25, 0.3) is 0 Å². The summed E-state index contributed by atoms with van der Waals surface area (Å²) in [5.41, 5.74) is 4.61. The van der Waals surface area contributed by atoms with E-state index in [1.165, 1.54) is 4.90 Å². The number of amides is 4. The maximum absolute atomic E-state index is 13.6. The molecule has 2 aromatic carbocycles. The molecule has 0 atom stereocenters. The van der Waals surface area contributed by atoms with Gasteiger partial charge in [0.05, 0.1) is 19.8 Å². The molecule has 0 bridgehead atoms. The normalized spacial score (nSPS) is 16.6. The molecular formula is C25H30N4O6. The number of ether oxygens (including phenoxy) is 1. The monoisotopic (exact) mass is 482 g/mol. The van der Waals surface area contributed by atoms with Crippen molar-refractivity contribution in [1.29, 1.82) is 0 Å². The predicted octanol–water partition coefficient (Wildman–Crippen LogP) is 3.12. The van der Waals surface area contributed by atoms with Crippen LogP contribution < -0.4 is 10.4 Å². The molecule has 4 amide bonds. The second-order valence-electron chi connectivity index (χ2n) is 8.74. The summed E-state index contributed by atoms with van der Waals surface area (Å²) in [5.74, 6) is -0.374. The highest BCUT2D eigenvalue weighted by atomic mass is 16.5. The molecule has 2 heterocycles. The highest BCUT2D eigenvalue weighted by Gasteiger charge is 2.27. The second kappa shape index (κ2) is 11.2. The lowest BCUT2D eigenvalue weighted by Gasteiger charge is -2.34. The Balaban J connectivity index is 1.57. The van der Waals surface area contributed by atoms with Crippen molar-refractivity contribution in [2.75, 3.05) is 44.3 Å². The van der Waals surface area contributed by atoms with E-state index in [2.05, 4.69) is 0 Å². The SMILES string of the molecule is O=C(NO)c1ccc(CN(C(=O)N2CCOCC2)c2cccc(C3CCN(C(=O)O)CC3)c2)cc1. The number of nitrogens with zero attached hydrogens (tertiary/aromatic N) is 3. The Hall–Kier alpha value is -3.63. The van der Waals surface area contributed by atoms with Gasteiger partial charge < -0.3 is 19.6 Å². The fraction of sp³-hybridized carbons (Fsp3) is 0.400. The highest BCUT2D eigenvalue weighted by Crippen LogP contribution is 2.31. The molecule has 2 aliphatic rings. The fourth-order valence-electron chi connectivity index (χ4n) is 4.55. The van der Waals surface area contributed by atoms with Crippen molar-refractivity contribution >= 4 is 23.7 Å². The van der Waals surface area contributed by atoms with Crippen molar-refractivity contribution in [3.05, 3.63) is 65.2 Å². The van der Waals surface area contributed by atoms with Gasteiger partial charge in [-0.15, -0.1) is 0 Å². The maximum Gasteiger partial charge on any atom is 0.407 e. The van der Waals surface area contributed by atoms with Gasteiger partial charge in [0.15, 0.2) is 0 Å². The minimum Gasteiger partial charge on any atom is -0.465 e. The standard InChI is InChI=1S/C25H30N4O6/c30-23(26-34)20-6-4-18(5-7-20)17-29(24(31)27-12-14-35-15-13-27)22-3-1-2-21(16-22)19-8-10-28(11-9-19)25(32)33/h1-7,16,19,34H,8-15,17H2,(H,26,30)(H,32,33). The number of anilines is 1. The van der Waals surface area contributed by atoms with Crippen LogP contribution in [0.4, 0.5) is 15.3 Å². The number of carboxylic acid groups (broad SMARTS) is 1. The molecule has 2 aliphatic heterocycles. The van der Waals surface area contributed by atoms with Gasteiger partial charge in [-0.3, -0.25) is 14.9 Å². The van der Waals surface area contributed by atoms with Gasteiger partial charge in [0.25, 0.3) is 5.91 Å². The number of likely N-dealkylation sites (tertiary alicyclic amines) is 1. The second-order valence-corrected chi connectivity index (χ2v) is 8.74. The van der Waals surface area contributed by atoms with Crippen molar-refractivity contribution in [1.82, 2.24) is 15.3 Å². The van der Waals surface area contributed by atoms with Crippen LogP contribution in [-0.2, 0) is 11.3 Å². The van der Waals surface area contributed by atoms with Crippen molar-refractivity contribution in [3.8, 4) is 0 Å². The zero-order chi connectivity index (χ0) is 24.8. The number of carbonyl (C=O) groups is 3. The van der Waals surface area contributed by atoms with E-state index in [1.54, 1.807) is 39.5 Å². The van der Waals surface area contributed by atoms with Crippen LogP contribution in [0.5, 0.6) is 0 Å². The van der Waals surface area contributed by atoms with Crippen LogP contribution in [0.2, 0.25) is 0 Å². The smallest absolute Gasteiger partial charge is 0.407 e. The average Bonchev–Trinajstić information content (AvgIpc) is 2.92. The number of urea groups is 1. The number of nitrogens with one attached hydrogen (secondary N) is 1. The quantitative estimate of drug-likeness (QED) is 0.445. The molecule has 4 rings (SSSR count). The zero-order valence-corrected chi connectivity index (χ0v) is 19.4. The number of hydroxylamine groups is 1. The maximum atomic E-state index is 13.6. The van der Waals surface area contributed by atoms with Crippen LogP contribution in [0.1, 0.15) is 40.2 Å². The summed E-state index contributed by atoms with van der Waals surface area (Å²) < 4.78 is 5.41. The van der Waals surface area contributed by atoms with Gasteiger partial charge in [-0.05, 0) is 54.2 Å². The summed E-state index contributed by atoms with van der Waals surface area (Å²) in [6.45, 7) is 3.30. The molecular weight excluding hydrogens is 452 g/mol. The van der Waals surface area contributed by atoms with E-state index < -0.39 is 12.0 Å². The Bertz CT molecular complexity index is 1050. The van der Waals surface area contributed by atoms with E-state index in [-0.39, 0.29) is 11.9 Å². The molecule has 2 fully saturated rings. The number of morpholine rings is 1. The third-order valence-corrected chi connectivity index (χ3v) is 6.59. The molecule has 0 aliphatic carbocycles. The summed E-state index contributed by atoms with van der Waals surface area (Å²) in [6.07, 6.45) is 0.588. The molecule has 0 radical (unpaired) electrons. The molecule has 2 aromatic rings. The van der Waals surface area contributed by atoms with Crippen molar-refractivity contribution < 1.29 is 29.4 Å². The number of benzene rings is 2. The Morgan fingerprint density at radius 2 is 1.66 bits per heavy atom. The van der Waals surface area contributed by atoms with Gasteiger partial charge in [0.1, 0.15) is 0 Å². The Morgan fingerprint density at radius 1 is 0.971 bits per heavy atom. The minimum absolute atomic E-state index is 0.122. The number of carbonyl (C=O) groups excluding carboxylic acids is 2. The first-order chi connectivity index (χ1) is 17.0. The van der Waals surface area contributed by atoms with Gasteiger partial charge in [0.2, 0.25) is 0 Å². The molecule has 10 nitrogen and oxygen atoms in total. The number of rotatable bonds is 5. The first-order valence-corrected chi connectivity index (χ1v) is 11.7. The van der Waals surface area contributed by atoms with E-state index in [1.807, 2.05) is 24.3 Å². The van der Waals surface area contributed by atoms with Crippen molar-refractivity contribution in [2.45, 2.75) is 25.3 Å². The lowest BCUT2D eigenvalue weighted by molar-refractivity contribution is 0.0548. The molecule has 2 saturated heterocycles. The Morgan fingerprint density at radius 3 is 2.29 bits per heavy atom. The fourth-order valence-corrected chi connectivity index (χ4v) is 4.55. The van der Waals surface area contributed by atoms with Gasteiger partial charge in [0, 0.05) is 37.4 Å². The molecule has 0 unspecified atom stereocenters. The van der Waals surface area contributed by atoms with Gasteiger partial charge in [-0.25, -0.2) is 15.1 Å². The molecule has 35 heavy (non-hydrogen) atoms. The molecule has 10 heteroatoms. The predicted molar refractivity (Wildman–Crippen MR) is 128 cm³/mol. The molecule has 186 valence electrons. The third kappa shape index (κ3) is 5.90. The van der Waals surface area contributed by atoms with E-state index in [0.717, 1.165) is 29.7 Å². The largest absolute Gasteiger partial charge is 0.465 e. The summed E-state index contributed by atoms with van der Waals surface area (Å²) >= 11 is 0. The topological polar surface area (TPSA) is 123 Å². The zero-order valence-electron chi connectivity index (χ0n) is 19.4. The molecule has 0 saturated carbocycles. The molecule has 0 aromatic heterocycles. The van der Waals surface area contributed by atoms with E-state index >= 15 is 0 Å². The van der Waals surface area contributed by atoms with E-state index in [9.17, 15) is 19.5 Å². The lowest BCUT2D eigenvalue weighted by atomic mass is 9.89. The van der Waals surface area contributed by atoms with Gasteiger partial charge >= 0.3 is 12.1 Å². The lowest BCUT2D eigenvalue weighted by Crippen LogP contribution is -2.48. The van der Waals surface area contributed by atoms with Crippen molar-refractivity contribution in [3.63, 3.8) is 0 Å². The van der Waals surface area contributed by atoms with Crippen LogP contribution in [-0.4, -0.2) is 77.5 Å². The summed E-state index contributed by atoms with van der Waals surface area (Å²) in [5, 5.41) is 18.1. The Kier molecular flexibility index (Phi) is 7.84. The summed E-state index contributed by atoms with van der Waals surface area (Å²) in [6, 6.07) is 14.5.